The summed E-state index contributed by atoms with van der Waals surface area (Å²) in [4.78, 5) is 0. The number of rotatable bonds is 6. The summed E-state index contributed by atoms with van der Waals surface area (Å²) in [5.74, 6) is 0.190. The van der Waals surface area contributed by atoms with Crippen LogP contribution in [-0.2, 0) is 16.6 Å². The smallest absolute Gasteiger partial charge is 0.211 e. The fourth-order valence-electron chi connectivity index (χ4n) is 2.35. The number of sulfonamides is 1. The van der Waals surface area contributed by atoms with Gasteiger partial charge in [-0.2, -0.15) is 0 Å². The lowest BCUT2D eigenvalue weighted by Crippen LogP contribution is -2.25. The normalized spacial score (nSPS) is 12.3. The van der Waals surface area contributed by atoms with Crippen molar-refractivity contribution in [1.29, 1.82) is 0 Å². The van der Waals surface area contributed by atoms with Gasteiger partial charge in [-0.15, -0.1) is 0 Å². The first-order valence-electron chi connectivity index (χ1n) is 6.43. The lowest BCUT2D eigenvalue weighted by molar-refractivity contribution is 0.570. The molecule has 5 heteroatoms. The third-order valence-electron chi connectivity index (χ3n) is 3.06. The van der Waals surface area contributed by atoms with Crippen molar-refractivity contribution in [2.75, 3.05) is 5.75 Å². The number of aromatic nitrogens is 1. The first kappa shape index (κ1) is 15.2. The number of nitrogens with one attached hydrogen (secondary N) is 1. The van der Waals surface area contributed by atoms with E-state index in [4.69, 9.17) is 0 Å². The summed E-state index contributed by atoms with van der Waals surface area (Å²) in [6.07, 6.45) is 0.639. The Kier molecular flexibility index (Phi) is 4.99. The standard InChI is InChI=1S/C13H24N2O2S/c1-6-7-18(16,17)14-9-13-8-11(4)15(10(2)3)12(13)5/h8,10,14H,6-7,9H2,1-5H3. The van der Waals surface area contributed by atoms with E-state index in [2.05, 4.69) is 36.1 Å². The van der Waals surface area contributed by atoms with E-state index < -0.39 is 10.0 Å². The summed E-state index contributed by atoms with van der Waals surface area (Å²) in [6.45, 7) is 10.6. The molecule has 1 aromatic heterocycles. The molecule has 0 radical (unpaired) electrons. The highest BCUT2D eigenvalue weighted by Gasteiger charge is 2.14. The Morgan fingerprint density at radius 1 is 1.33 bits per heavy atom. The predicted molar refractivity (Wildman–Crippen MR) is 75.2 cm³/mol. The number of nitrogens with zero attached hydrogens (tertiary/aromatic N) is 1. The molecule has 0 saturated carbocycles. The minimum Gasteiger partial charge on any atom is -0.346 e. The molecular weight excluding hydrogens is 248 g/mol. The van der Waals surface area contributed by atoms with Crippen molar-refractivity contribution < 1.29 is 8.42 Å². The van der Waals surface area contributed by atoms with Gasteiger partial charge in [0.25, 0.3) is 0 Å². The lowest BCUT2D eigenvalue weighted by Gasteiger charge is -2.14. The maximum absolute atomic E-state index is 11.6. The van der Waals surface area contributed by atoms with E-state index >= 15 is 0 Å². The van der Waals surface area contributed by atoms with E-state index in [1.54, 1.807) is 0 Å². The van der Waals surface area contributed by atoms with Gasteiger partial charge in [-0.1, -0.05) is 6.92 Å². The van der Waals surface area contributed by atoms with Crippen LogP contribution in [0.5, 0.6) is 0 Å². The van der Waals surface area contributed by atoms with E-state index in [1.165, 1.54) is 5.69 Å². The fraction of sp³-hybridized carbons (Fsp3) is 0.692. The van der Waals surface area contributed by atoms with Crippen molar-refractivity contribution in [1.82, 2.24) is 9.29 Å². The van der Waals surface area contributed by atoms with Crippen molar-refractivity contribution in [3.63, 3.8) is 0 Å². The van der Waals surface area contributed by atoms with Gasteiger partial charge in [-0.3, -0.25) is 0 Å². The summed E-state index contributed by atoms with van der Waals surface area (Å²) in [5, 5.41) is 0. The zero-order valence-electron chi connectivity index (χ0n) is 11.9. The molecule has 104 valence electrons. The molecule has 0 bridgehead atoms. The summed E-state index contributed by atoms with van der Waals surface area (Å²) in [6, 6.07) is 2.45. The Hall–Kier alpha value is -0.810. The molecule has 0 spiro atoms. The SMILES string of the molecule is CCCS(=O)(=O)NCc1cc(C)n(C(C)C)c1C. The quantitative estimate of drug-likeness (QED) is 0.865. The highest BCUT2D eigenvalue weighted by atomic mass is 32.2. The van der Waals surface area contributed by atoms with Gasteiger partial charge in [0.2, 0.25) is 10.0 Å². The Morgan fingerprint density at radius 2 is 1.94 bits per heavy atom. The second kappa shape index (κ2) is 5.89. The maximum Gasteiger partial charge on any atom is 0.211 e. The van der Waals surface area contributed by atoms with Gasteiger partial charge in [0.15, 0.2) is 0 Å². The van der Waals surface area contributed by atoms with Crippen LogP contribution in [0.2, 0.25) is 0 Å². The van der Waals surface area contributed by atoms with Gasteiger partial charge in [-0.05, 0) is 45.7 Å². The monoisotopic (exact) mass is 272 g/mol. The zero-order chi connectivity index (χ0) is 13.9. The third-order valence-corrected chi connectivity index (χ3v) is 4.59. The molecule has 1 heterocycles. The van der Waals surface area contributed by atoms with Gasteiger partial charge >= 0.3 is 0 Å². The third kappa shape index (κ3) is 3.59. The predicted octanol–water partition coefficient (Wildman–Crippen LogP) is 2.52. The molecule has 1 rings (SSSR count). The summed E-state index contributed by atoms with van der Waals surface area (Å²) in [5.41, 5.74) is 3.37. The number of hydrogen-bond acceptors (Lipinski definition) is 2. The Morgan fingerprint density at radius 3 is 2.39 bits per heavy atom. The summed E-state index contributed by atoms with van der Waals surface area (Å²) in [7, 11) is -3.13. The van der Waals surface area contributed by atoms with Gasteiger partial charge in [0.05, 0.1) is 5.75 Å². The minimum atomic E-state index is -3.13. The van der Waals surface area contributed by atoms with Crippen molar-refractivity contribution in [3.8, 4) is 0 Å². The first-order chi connectivity index (χ1) is 8.28. The van der Waals surface area contributed by atoms with Crippen molar-refractivity contribution in [2.24, 2.45) is 0 Å². The molecule has 1 N–H and O–H groups in total. The molecule has 0 fully saturated rings. The topological polar surface area (TPSA) is 51.1 Å². The molecule has 0 unspecified atom stereocenters. The van der Waals surface area contributed by atoms with E-state index in [9.17, 15) is 8.42 Å². The molecule has 0 amide bonds. The van der Waals surface area contributed by atoms with Crippen LogP contribution in [0.4, 0.5) is 0 Å². The van der Waals surface area contributed by atoms with E-state index in [-0.39, 0.29) is 5.75 Å². The van der Waals surface area contributed by atoms with Crippen LogP contribution in [0.25, 0.3) is 0 Å². The first-order valence-corrected chi connectivity index (χ1v) is 8.08. The van der Waals surface area contributed by atoms with Crippen molar-refractivity contribution >= 4 is 10.0 Å². The average Bonchev–Trinajstić information content (AvgIpc) is 2.51. The molecule has 0 saturated heterocycles. The highest BCUT2D eigenvalue weighted by Crippen LogP contribution is 2.20. The van der Waals surface area contributed by atoms with Crippen LogP contribution in [0.1, 0.15) is 50.2 Å². The van der Waals surface area contributed by atoms with Gasteiger partial charge in [-0.25, -0.2) is 13.1 Å². The molecule has 0 aromatic carbocycles. The molecule has 4 nitrogen and oxygen atoms in total. The molecular formula is C13H24N2O2S. The molecule has 1 aromatic rings. The lowest BCUT2D eigenvalue weighted by atomic mass is 10.2. The second-order valence-electron chi connectivity index (χ2n) is 5.00. The Bertz CT molecular complexity index is 501. The summed E-state index contributed by atoms with van der Waals surface area (Å²) < 4.78 is 28.1. The van der Waals surface area contributed by atoms with E-state index in [0.29, 0.717) is 19.0 Å². The van der Waals surface area contributed by atoms with Crippen molar-refractivity contribution in [3.05, 3.63) is 23.0 Å². The van der Waals surface area contributed by atoms with Crippen LogP contribution < -0.4 is 4.72 Å². The molecule has 18 heavy (non-hydrogen) atoms. The number of aryl methyl sites for hydroxylation is 1. The van der Waals surface area contributed by atoms with Crippen LogP contribution >= 0.6 is 0 Å². The Labute approximate surface area is 110 Å². The van der Waals surface area contributed by atoms with Gasteiger partial charge < -0.3 is 4.57 Å². The highest BCUT2D eigenvalue weighted by molar-refractivity contribution is 7.89. The molecule has 0 aliphatic heterocycles. The van der Waals surface area contributed by atoms with Crippen LogP contribution in [0, 0.1) is 13.8 Å². The fourth-order valence-corrected chi connectivity index (χ4v) is 3.40. The molecule has 0 aliphatic rings. The van der Waals surface area contributed by atoms with Gasteiger partial charge in [0.1, 0.15) is 0 Å². The second-order valence-corrected chi connectivity index (χ2v) is 6.93. The molecule has 0 atom stereocenters. The van der Waals surface area contributed by atoms with Crippen LogP contribution in [0.15, 0.2) is 6.07 Å². The molecule has 0 aliphatic carbocycles. The Balaban J connectivity index is 2.84. The minimum absolute atomic E-state index is 0.190. The largest absolute Gasteiger partial charge is 0.346 e. The van der Waals surface area contributed by atoms with Crippen LogP contribution in [0.3, 0.4) is 0 Å². The van der Waals surface area contributed by atoms with Gasteiger partial charge in [0, 0.05) is 24.0 Å². The average molecular weight is 272 g/mol. The number of hydrogen-bond donors (Lipinski definition) is 1. The van der Waals surface area contributed by atoms with E-state index in [1.807, 2.05) is 13.8 Å². The van der Waals surface area contributed by atoms with Crippen molar-refractivity contribution in [2.45, 2.75) is 53.6 Å². The zero-order valence-corrected chi connectivity index (χ0v) is 12.8. The maximum atomic E-state index is 11.6. The van der Waals surface area contributed by atoms with E-state index in [0.717, 1.165) is 11.3 Å². The summed E-state index contributed by atoms with van der Waals surface area (Å²) >= 11 is 0. The van der Waals surface area contributed by atoms with Crippen LogP contribution in [-0.4, -0.2) is 18.7 Å².